The Bertz CT molecular complexity index is 1560. The molecule has 2 N–H and O–H groups in total. The molecule has 0 aliphatic heterocycles. The van der Waals surface area contributed by atoms with Crippen LogP contribution in [-0.4, -0.2) is 22.6 Å². The maximum Gasteiger partial charge on any atom is 0.248 e. The van der Waals surface area contributed by atoms with Crippen molar-refractivity contribution in [3.05, 3.63) is 114 Å². The van der Waals surface area contributed by atoms with Crippen LogP contribution >= 0.6 is 23.1 Å². The molecule has 0 fully saturated rings. The summed E-state index contributed by atoms with van der Waals surface area (Å²) in [5.41, 5.74) is 3.52. The first-order valence-corrected chi connectivity index (χ1v) is 13.5. The van der Waals surface area contributed by atoms with Gasteiger partial charge < -0.3 is 10.6 Å². The number of benzene rings is 4. The number of anilines is 2. The number of amides is 2. The molecule has 0 unspecified atom stereocenters. The van der Waals surface area contributed by atoms with Crippen LogP contribution in [0, 0.1) is 0 Å². The number of thioether (sulfide) groups is 1. The van der Waals surface area contributed by atoms with E-state index in [0.29, 0.717) is 10.8 Å². The summed E-state index contributed by atoms with van der Waals surface area (Å²) in [4.78, 5) is 30.1. The number of carbonyl (C=O) groups is 2. The van der Waals surface area contributed by atoms with E-state index < -0.39 is 0 Å². The normalized spacial score (nSPS) is 11.0. The molecule has 0 saturated carbocycles. The zero-order valence-electron chi connectivity index (χ0n) is 19.8. The third kappa shape index (κ3) is 6.73. The molecule has 1 aromatic heterocycles. The largest absolute Gasteiger partial charge is 0.323 e. The van der Waals surface area contributed by atoms with Gasteiger partial charge in [0, 0.05) is 27.6 Å². The number of hydrogen-bond donors (Lipinski definition) is 2. The zero-order valence-corrected chi connectivity index (χ0v) is 21.4. The van der Waals surface area contributed by atoms with Crippen LogP contribution in [0.15, 0.2) is 113 Å². The van der Waals surface area contributed by atoms with Crippen molar-refractivity contribution in [3.63, 3.8) is 0 Å². The predicted octanol–water partition coefficient (Wildman–Crippen LogP) is 7.35. The summed E-state index contributed by atoms with van der Waals surface area (Å²) in [5.74, 6) is -0.0564. The molecular formula is C30H23N3O2S2. The highest BCUT2D eigenvalue weighted by Gasteiger charge is 2.10. The second-order valence-corrected chi connectivity index (χ2v) is 10.1. The monoisotopic (exact) mass is 521 g/mol. The molecule has 4 aromatic carbocycles. The summed E-state index contributed by atoms with van der Waals surface area (Å²) in [6.07, 6.45) is 3.28. The van der Waals surface area contributed by atoms with Crippen molar-refractivity contribution in [2.24, 2.45) is 0 Å². The average Bonchev–Trinajstić information content (AvgIpc) is 3.40. The van der Waals surface area contributed by atoms with E-state index in [0.717, 1.165) is 27.1 Å². The molecule has 2 amide bonds. The fourth-order valence-electron chi connectivity index (χ4n) is 3.67. The minimum absolute atomic E-state index is 0.118. The van der Waals surface area contributed by atoms with E-state index in [1.807, 2.05) is 78.2 Å². The van der Waals surface area contributed by atoms with Crippen molar-refractivity contribution in [2.75, 3.05) is 16.4 Å². The molecule has 0 bridgehead atoms. The highest BCUT2D eigenvalue weighted by Crippen LogP contribution is 2.28. The lowest BCUT2D eigenvalue weighted by atomic mass is 10.1. The van der Waals surface area contributed by atoms with E-state index in [1.165, 1.54) is 34.6 Å². The molecule has 0 radical (unpaired) electrons. The molecule has 5 aromatic rings. The fraction of sp³-hybridized carbons (Fsp3) is 0.0333. The molecule has 0 spiro atoms. The van der Waals surface area contributed by atoms with Gasteiger partial charge in [0.05, 0.1) is 11.4 Å². The van der Waals surface area contributed by atoms with Gasteiger partial charge >= 0.3 is 0 Å². The Morgan fingerprint density at radius 3 is 2.41 bits per heavy atom. The number of aromatic nitrogens is 1. The van der Waals surface area contributed by atoms with E-state index in [1.54, 1.807) is 6.08 Å². The summed E-state index contributed by atoms with van der Waals surface area (Å²) in [5, 5.41) is 10.6. The summed E-state index contributed by atoms with van der Waals surface area (Å²) in [6, 6.07) is 31.5. The lowest BCUT2D eigenvalue weighted by Crippen LogP contribution is -2.13. The molecule has 1 heterocycles. The first-order chi connectivity index (χ1) is 18.1. The van der Waals surface area contributed by atoms with Crippen LogP contribution in [0.2, 0.25) is 0 Å². The standard InChI is InChI=1S/C30H23N3O2S2/c34-28(17-10-21-6-2-1-3-7-21)31-25-13-15-26(16-14-25)36-20-29(35)33-30-32-27(19-37-30)24-12-11-22-8-4-5-9-23(22)18-24/h1-19H,20H2,(H,31,34)(H,32,33,35)/b17-10+. The summed E-state index contributed by atoms with van der Waals surface area (Å²) < 4.78 is 0. The molecule has 0 saturated heterocycles. The molecule has 7 heteroatoms. The van der Waals surface area contributed by atoms with Gasteiger partial charge in [0.15, 0.2) is 5.13 Å². The number of nitrogens with one attached hydrogen (secondary N) is 2. The van der Waals surface area contributed by atoms with Crippen molar-refractivity contribution >= 4 is 62.6 Å². The Labute approximate surface area is 223 Å². The highest BCUT2D eigenvalue weighted by atomic mass is 32.2. The average molecular weight is 522 g/mol. The number of rotatable bonds is 8. The number of hydrogen-bond acceptors (Lipinski definition) is 5. The number of carbonyl (C=O) groups excluding carboxylic acids is 2. The van der Waals surface area contributed by atoms with Crippen molar-refractivity contribution in [3.8, 4) is 11.3 Å². The van der Waals surface area contributed by atoms with Crippen molar-refractivity contribution in [1.82, 2.24) is 4.98 Å². The van der Waals surface area contributed by atoms with Crippen molar-refractivity contribution < 1.29 is 9.59 Å². The van der Waals surface area contributed by atoms with E-state index in [2.05, 4.69) is 39.9 Å². The van der Waals surface area contributed by atoms with E-state index >= 15 is 0 Å². The highest BCUT2D eigenvalue weighted by molar-refractivity contribution is 8.00. The summed E-state index contributed by atoms with van der Waals surface area (Å²) >= 11 is 2.84. The molecule has 5 nitrogen and oxygen atoms in total. The molecule has 0 atom stereocenters. The minimum Gasteiger partial charge on any atom is -0.323 e. The van der Waals surface area contributed by atoms with Crippen LogP contribution < -0.4 is 10.6 Å². The topological polar surface area (TPSA) is 71.1 Å². The van der Waals surface area contributed by atoms with Gasteiger partial charge in [-0.1, -0.05) is 66.7 Å². The third-order valence-electron chi connectivity index (χ3n) is 5.51. The van der Waals surface area contributed by atoms with Gasteiger partial charge in [-0.25, -0.2) is 4.98 Å². The molecule has 37 heavy (non-hydrogen) atoms. The van der Waals surface area contributed by atoms with Crippen LogP contribution in [0.25, 0.3) is 28.1 Å². The Kier molecular flexibility index (Phi) is 7.74. The number of nitrogens with zero attached hydrogens (tertiary/aromatic N) is 1. The van der Waals surface area contributed by atoms with Gasteiger partial charge in [-0.15, -0.1) is 23.1 Å². The lowest BCUT2D eigenvalue weighted by Gasteiger charge is -2.05. The Morgan fingerprint density at radius 2 is 1.59 bits per heavy atom. The van der Waals surface area contributed by atoms with E-state index in [4.69, 9.17) is 0 Å². The first kappa shape index (κ1) is 24.5. The van der Waals surface area contributed by atoms with Crippen molar-refractivity contribution in [2.45, 2.75) is 4.90 Å². The fourth-order valence-corrected chi connectivity index (χ4v) is 5.11. The number of thiazole rings is 1. The van der Waals surface area contributed by atoms with Crippen molar-refractivity contribution in [1.29, 1.82) is 0 Å². The molecular weight excluding hydrogens is 498 g/mol. The maximum atomic E-state index is 12.5. The predicted molar refractivity (Wildman–Crippen MR) is 155 cm³/mol. The van der Waals surface area contributed by atoms with Crippen LogP contribution in [0.3, 0.4) is 0 Å². The zero-order chi connectivity index (χ0) is 25.5. The smallest absolute Gasteiger partial charge is 0.248 e. The van der Waals surface area contributed by atoms with E-state index in [9.17, 15) is 9.59 Å². The van der Waals surface area contributed by atoms with Gasteiger partial charge in [0.1, 0.15) is 0 Å². The quantitative estimate of drug-likeness (QED) is 0.165. The van der Waals surface area contributed by atoms with Crippen LogP contribution in [0.4, 0.5) is 10.8 Å². The van der Waals surface area contributed by atoms with Gasteiger partial charge in [-0.3, -0.25) is 9.59 Å². The first-order valence-electron chi connectivity index (χ1n) is 11.6. The van der Waals surface area contributed by atoms with Crippen LogP contribution in [-0.2, 0) is 9.59 Å². The van der Waals surface area contributed by atoms with Crippen LogP contribution in [0.1, 0.15) is 5.56 Å². The van der Waals surface area contributed by atoms with Crippen LogP contribution in [0.5, 0.6) is 0 Å². The number of fused-ring (bicyclic) bond motifs is 1. The Hall–Kier alpha value is -4.20. The second-order valence-electron chi connectivity index (χ2n) is 8.19. The summed E-state index contributed by atoms with van der Waals surface area (Å²) in [7, 11) is 0. The molecule has 0 aliphatic carbocycles. The van der Waals surface area contributed by atoms with Gasteiger partial charge in [-0.2, -0.15) is 0 Å². The molecule has 0 aliphatic rings. The van der Waals surface area contributed by atoms with Gasteiger partial charge in [-0.05, 0) is 52.7 Å². The second kappa shape index (κ2) is 11.7. The summed E-state index contributed by atoms with van der Waals surface area (Å²) in [6.45, 7) is 0. The molecule has 5 rings (SSSR count). The SMILES string of the molecule is O=C(/C=C/c1ccccc1)Nc1ccc(SCC(=O)Nc2nc(-c3ccc4ccccc4c3)cs2)cc1. The minimum atomic E-state index is -0.199. The van der Waals surface area contributed by atoms with Gasteiger partial charge in [0.25, 0.3) is 0 Å². The van der Waals surface area contributed by atoms with E-state index in [-0.39, 0.29) is 17.6 Å². The maximum absolute atomic E-state index is 12.5. The van der Waals surface area contributed by atoms with Gasteiger partial charge in [0.2, 0.25) is 11.8 Å². The third-order valence-corrected chi connectivity index (χ3v) is 7.28. The lowest BCUT2D eigenvalue weighted by molar-refractivity contribution is -0.114. The Balaban J connectivity index is 1.11. The Morgan fingerprint density at radius 1 is 0.838 bits per heavy atom. The molecule has 182 valence electrons.